The molecule has 0 aromatic heterocycles. The molecule has 2 aromatic rings. The van der Waals surface area contributed by atoms with E-state index in [2.05, 4.69) is 0 Å². The summed E-state index contributed by atoms with van der Waals surface area (Å²) in [6.45, 7) is 1.32. The molecule has 0 saturated heterocycles. The molecule has 0 fully saturated rings. The van der Waals surface area contributed by atoms with Gasteiger partial charge in [-0.2, -0.15) is 0 Å². The summed E-state index contributed by atoms with van der Waals surface area (Å²) in [5.41, 5.74) is -0.0629. The van der Waals surface area contributed by atoms with Crippen LogP contribution in [0.1, 0.15) is 0 Å². The third-order valence-corrected chi connectivity index (χ3v) is 3.55. The molecule has 1 unspecified atom stereocenters. The van der Waals surface area contributed by atoms with E-state index in [1.54, 1.807) is 18.2 Å². The normalized spacial score (nSPS) is 12.0. The number of rotatable bonds is 10. The molecule has 26 heavy (non-hydrogen) atoms. The molecule has 0 aliphatic carbocycles. The fraction of sp³-hybridized carbons (Fsp3) is 0.333. The van der Waals surface area contributed by atoms with Crippen LogP contribution in [0.15, 0.2) is 48.5 Å². The van der Waals surface area contributed by atoms with Crippen LogP contribution in [-0.4, -0.2) is 54.4 Å². The van der Waals surface area contributed by atoms with Crippen molar-refractivity contribution in [2.75, 3.05) is 33.4 Å². The highest BCUT2D eigenvalue weighted by Gasteiger charge is 2.11. The van der Waals surface area contributed by atoms with Crippen LogP contribution >= 0.6 is 0 Å². The first kappa shape index (κ1) is 19.6. The van der Waals surface area contributed by atoms with Crippen LogP contribution in [0.2, 0.25) is 0 Å². The van der Waals surface area contributed by atoms with E-state index >= 15 is 0 Å². The van der Waals surface area contributed by atoms with Crippen molar-refractivity contribution in [3.63, 3.8) is 0 Å². The van der Waals surface area contributed by atoms with Gasteiger partial charge in [-0.1, -0.05) is 6.07 Å². The number of aliphatic hydroxyl groups excluding tert-OH is 1. The molecule has 0 amide bonds. The summed E-state index contributed by atoms with van der Waals surface area (Å²) >= 11 is 0. The molecule has 140 valence electrons. The third-order valence-electron chi connectivity index (χ3n) is 3.55. The Labute approximate surface area is 150 Å². The fourth-order valence-corrected chi connectivity index (χ4v) is 2.23. The highest BCUT2D eigenvalue weighted by Crippen LogP contribution is 2.19. The minimum Gasteiger partial charge on any atom is -0.492 e. The van der Waals surface area contributed by atoms with Crippen molar-refractivity contribution in [2.24, 2.45) is 0 Å². The average molecular weight is 364 g/mol. The van der Waals surface area contributed by atoms with Crippen LogP contribution < -0.4 is 9.47 Å². The van der Waals surface area contributed by atoms with E-state index in [4.69, 9.17) is 9.47 Å². The van der Waals surface area contributed by atoms with E-state index < -0.39 is 11.0 Å². The van der Waals surface area contributed by atoms with Crippen LogP contribution in [0, 0.1) is 15.9 Å². The summed E-state index contributed by atoms with van der Waals surface area (Å²) in [7, 11) is 1.82. The number of hydrogen-bond acceptors (Lipinski definition) is 6. The SMILES string of the molecule is CN(CCOc1ccc(F)cc1)CC(O)COc1cccc([N+](=O)[O-])c1. The lowest BCUT2D eigenvalue weighted by Crippen LogP contribution is -2.35. The quantitative estimate of drug-likeness (QED) is 0.515. The first-order chi connectivity index (χ1) is 12.4. The van der Waals surface area contributed by atoms with Crippen LogP contribution in [0.25, 0.3) is 0 Å². The first-order valence-corrected chi connectivity index (χ1v) is 8.06. The van der Waals surface area contributed by atoms with Gasteiger partial charge in [0.1, 0.15) is 36.6 Å². The second-order valence-corrected chi connectivity index (χ2v) is 5.78. The van der Waals surface area contributed by atoms with Crippen LogP contribution in [0.4, 0.5) is 10.1 Å². The van der Waals surface area contributed by atoms with E-state index in [1.165, 1.54) is 30.3 Å². The molecule has 0 saturated carbocycles. The van der Waals surface area contributed by atoms with Crippen molar-refractivity contribution < 1.29 is 23.9 Å². The topological polar surface area (TPSA) is 85.1 Å². The van der Waals surface area contributed by atoms with Gasteiger partial charge in [0, 0.05) is 19.2 Å². The van der Waals surface area contributed by atoms with Gasteiger partial charge >= 0.3 is 0 Å². The lowest BCUT2D eigenvalue weighted by Gasteiger charge is -2.20. The molecule has 0 spiro atoms. The molecule has 1 atom stereocenters. The van der Waals surface area contributed by atoms with Gasteiger partial charge in [-0.15, -0.1) is 0 Å². The number of likely N-dealkylation sites (N-methyl/N-ethyl adjacent to an activating group) is 1. The smallest absolute Gasteiger partial charge is 0.273 e. The Kier molecular flexibility index (Phi) is 7.31. The average Bonchev–Trinajstić information content (AvgIpc) is 2.62. The van der Waals surface area contributed by atoms with E-state index in [9.17, 15) is 19.6 Å². The molecule has 1 N–H and O–H groups in total. The summed E-state index contributed by atoms with van der Waals surface area (Å²) in [4.78, 5) is 12.1. The van der Waals surface area contributed by atoms with Crippen LogP contribution in [0.3, 0.4) is 0 Å². The predicted octanol–water partition coefficient (Wildman–Crippen LogP) is 2.48. The molecule has 0 aliphatic rings. The third kappa shape index (κ3) is 6.66. The minimum absolute atomic E-state index is 0.0182. The van der Waals surface area contributed by atoms with Gasteiger partial charge in [-0.25, -0.2) is 4.39 Å². The maximum atomic E-state index is 12.8. The number of nitro benzene ring substituents is 1. The van der Waals surface area contributed by atoms with Gasteiger partial charge in [0.05, 0.1) is 11.0 Å². The standard InChI is InChI=1S/C18H21FN2O5/c1-20(9-10-25-17-7-5-14(19)6-8-17)12-16(22)13-26-18-4-2-3-15(11-18)21(23)24/h2-8,11,16,22H,9-10,12-13H2,1H3. The molecule has 0 aliphatic heterocycles. The fourth-order valence-electron chi connectivity index (χ4n) is 2.23. The summed E-state index contributed by atoms with van der Waals surface area (Å²) in [6, 6.07) is 11.6. The monoisotopic (exact) mass is 364 g/mol. The Hall–Kier alpha value is -2.71. The molecule has 8 heteroatoms. The minimum atomic E-state index is -0.759. The molecule has 7 nitrogen and oxygen atoms in total. The van der Waals surface area contributed by atoms with E-state index in [0.29, 0.717) is 31.2 Å². The zero-order valence-corrected chi connectivity index (χ0v) is 14.4. The van der Waals surface area contributed by atoms with Gasteiger partial charge < -0.3 is 19.5 Å². The highest BCUT2D eigenvalue weighted by molar-refractivity contribution is 5.37. The lowest BCUT2D eigenvalue weighted by molar-refractivity contribution is -0.384. The van der Waals surface area contributed by atoms with E-state index in [1.807, 2.05) is 11.9 Å². The second-order valence-electron chi connectivity index (χ2n) is 5.78. The lowest BCUT2D eigenvalue weighted by atomic mass is 10.3. The maximum absolute atomic E-state index is 12.8. The van der Waals surface area contributed by atoms with Crippen molar-refractivity contribution in [3.8, 4) is 11.5 Å². The number of nitro groups is 1. The number of aliphatic hydroxyl groups is 1. The Balaban J connectivity index is 1.68. The molecule has 0 heterocycles. The highest BCUT2D eigenvalue weighted by atomic mass is 19.1. The van der Waals surface area contributed by atoms with Crippen molar-refractivity contribution in [1.29, 1.82) is 0 Å². The van der Waals surface area contributed by atoms with Crippen molar-refractivity contribution >= 4 is 5.69 Å². The second kappa shape index (κ2) is 9.69. The summed E-state index contributed by atoms with van der Waals surface area (Å²) in [5, 5.41) is 20.7. The zero-order valence-electron chi connectivity index (χ0n) is 14.4. The van der Waals surface area contributed by atoms with Gasteiger partial charge in [0.25, 0.3) is 5.69 Å². The maximum Gasteiger partial charge on any atom is 0.273 e. The van der Waals surface area contributed by atoms with Crippen molar-refractivity contribution in [1.82, 2.24) is 4.90 Å². The molecule has 2 rings (SSSR count). The van der Waals surface area contributed by atoms with E-state index in [0.717, 1.165) is 0 Å². The number of nitrogens with zero attached hydrogens (tertiary/aromatic N) is 2. The number of non-ortho nitro benzene ring substituents is 1. The Bertz CT molecular complexity index is 711. The molecular formula is C18H21FN2O5. The molecule has 0 bridgehead atoms. The Morgan fingerprint density at radius 1 is 1.19 bits per heavy atom. The van der Waals surface area contributed by atoms with E-state index in [-0.39, 0.29) is 18.1 Å². The summed E-state index contributed by atoms with van der Waals surface area (Å²) in [6.07, 6.45) is -0.759. The van der Waals surface area contributed by atoms with Gasteiger partial charge in [0.15, 0.2) is 0 Å². The zero-order chi connectivity index (χ0) is 18.9. The van der Waals surface area contributed by atoms with Gasteiger partial charge in [-0.05, 0) is 37.4 Å². The first-order valence-electron chi connectivity index (χ1n) is 8.06. The molecular weight excluding hydrogens is 343 g/mol. The summed E-state index contributed by atoms with van der Waals surface area (Å²) < 4.78 is 23.7. The Morgan fingerprint density at radius 3 is 2.62 bits per heavy atom. The molecule has 0 radical (unpaired) electrons. The number of halogens is 1. The number of hydrogen-bond donors (Lipinski definition) is 1. The van der Waals surface area contributed by atoms with Gasteiger partial charge in [0.2, 0.25) is 0 Å². The molecule has 2 aromatic carbocycles. The largest absolute Gasteiger partial charge is 0.492 e. The van der Waals surface area contributed by atoms with Crippen molar-refractivity contribution in [3.05, 3.63) is 64.5 Å². The van der Waals surface area contributed by atoms with Gasteiger partial charge in [-0.3, -0.25) is 10.1 Å². The van der Waals surface area contributed by atoms with Crippen LogP contribution in [0.5, 0.6) is 11.5 Å². The summed E-state index contributed by atoms with van der Waals surface area (Å²) in [5.74, 6) is 0.594. The Morgan fingerprint density at radius 2 is 1.92 bits per heavy atom. The number of ether oxygens (including phenoxy) is 2. The predicted molar refractivity (Wildman–Crippen MR) is 94.0 cm³/mol. The van der Waals surface area contributed by atoms with Crippen molar-refractivity contribution in [2.45, 2.75) is 6.10 Å². The van der Waals surface area contributed by atoms with Crippen LogP contribution in [-0.2, 0) is 0 Å². The number of benzene rings is 2.